The second-order valence-electron chi connectivity index (χ2n) is 12.8. The average molecular weight is 691 g/mol. The quantitative estimate of drug-likeness (QED) is 0.314. The number of aromatic amines is 1. The van der Waals surface area contributed by atoms with Crippen LogP contribution in [0.15, 0.2) is 12.4 Å². The van der Waals surface area contributed by atoms with E-state index in [9.17, 15) is 14.7 Å². The van der Waals surface area contributed by atoms with E-state index < -0.39 is 5.97 Å². The molecule has 46 heavy (non-hydrogen) atoms. The van der Waals surface area contributed by atoms with Crippen LogP contribution in [0.25, 0.3) is 11.4 Å². The Morgan fingerprint density at radius 1 is 1.04 bits per heavy atom. The van der Waals surface area contributed by atoms with Crippen molar-refractivity contribution in [3.63, 3.8) is 0 Å². The molecule has 0 bridgehead atoms. The third kappa shape index (κ3) is 7.13. The highest BCUT2D eigenvalue weighted by molar-refractivity contribution is 7.17. The first-order chi connectivity index (χ1) is 22.1. The lowest BCUT2D eigenvalue weighted by Crippen LogP contribution is -2.50. The maximum absolute atomic E-state index is 12.9. The zero-order chi connectivity index (χ0) is 32.5. The minimum absolute atomic E-state index is 0.0761. The lowest BCUT2D eigenvalue weighted by molar-refractivity contribution is 0.0702. The molecule has 3 aromatic heterocycles. The molecule has 0 spiro atoms. The summed E-state index contributed by atoms with van der Waals surface area (Å²) in [7, 11) is 2.21. The molecule has 3 fully saturated rings. The van der Waals surface area contributed by atoms with E-state index >= 15 is 0 Å². The first kappa shape index (κ1) is 33.0. The highest BCUT2D eigenvalue weighted by Gasteiger charge is 2.32. The topological polar surface area (TPSA) is 134 Å². The third-order valence-electron chi connectivity index (χ3n) is 9.40. The van der Waals surface area contributed by atoms with Crippen LogP contribution in [-0.4, -0.2) is 119 Å². The number of hydrogen-bond donors (Lipinski definition) is 3. The van der Waals surface area contributed by atoms with Crippen LogP contribution < -0.4 is 15.1 Å². The molecule has 3 N–H and O–H groups in total. The summed E-state index contributed by atoms with van der Waals surface area (Å²) in [4.78, 5) is 51.6. The number of carboxylic acid groups (broad SMARTS) is 1. The molecule has 12 nitrogen and oxygen atoms in total. The van der Waals surface area contributed by atoms with Crippen molar-refractivity contribution in [1.82, 2.24) is 35.1 Å². The number of hydrogen-bond acceptors (Lipinski definition) is 10. The molecule has 3 aliphatic heterocycles. The summed E-state index contributed by atoms with van der Waals surface area (Å²) >= 11 is 13.5. The number of carboxylic acids is 1. The lowest BCUT2D eigenvalue weighted by Gasteiger charge is -2.38. The fraction of sp³-hybridized carbons (Fsp3) is 0.581. The molecule has 248 valence electrons. The number of likely N-dealkylation sites (tertiary alicyclic amines) is 1. The Bertz CT molecular complexity index is 1560. The highest BCUT2D eigenvalue weighted by atomic mass is 35.5. The minimum Gasteiger partial charge on any atom is -0.477 e. The van der Waals surface area contributed by atoms with Gasteiger partial charge in [-0.25, -0.2) is 19.7 Å². The van der Waals surface area contributed by atoms with Crippen molar-refractivity contribution in [2.45, 2.75) is 39.2 Å². The summed E-state index contributed by atoms with van der Waals surface area (Å²) in [6, 6.07) is -0.0881. The van der Waals surface area contributed by atoms with Crippen LogP contribution in [-0.2, 0) is 0 Å². The summed E-state index contributed by atoms with van der Waals surface area (Å²) < 4.78 is 0. The molecule has 0 radical (unpaired) electrons. The van der Waals surface area contributed by atoms with Gasteiger partial charge in [0, 0.05) is 64.1 Å². The van der Waals surface area contributed by atoms with E-state index in [1.54, 1.807) is 19.3 Å². The van der Waals surface area contributed by atoms with Gasteiger partial charge in [-0.1, -0.05) is 41.5 Å². The molecule has 6 heterocycles. The molecule has 0 aliphatic carbocycles. The number of piperidine rings is 2. The van der Waals surface area contributed by atoms with Crippen LogP contribution in [0.2, 0.25) is 10.0 Å². The summed E-state index contributed by atoms with van der Waals surface area (Å²) in [6.45, 7) is 12.3. The number of piperazine rings is 1. The van der Waals surface area contributed by atoms with E-state index in [1.165, 1.54) is 25.9 Å². The molecule has 3 atom stereocenters. The summed E-state index contributed by atoms with van der Waals surface area (Å²) in [5, 5.41) is 14.3. The van der Waals surface area contributed by atoms with Gasteiger partial charge in [-0.05, 0) is 51.6 Å². The number of carbonyl (C=O) groups is 2. The van der Waals surface area contributed by atoms with Crippen molar-refractivity contribution in [2.75, 3.05) is 75.8 Å². The number of nitrogens with one attached hydrogen (secondary N) is 2. The monoisotopic (exact) mass is 689 g/mol. The Morgan fingerprint density at radius 2 is 1.83 bits per heavy atom. The number of amides is 1. The van der Waals surface area contributed by atoms with E-state index in [0.29, 0.717) is 46.7 Å². The number of rotatable bonds is 8. The second kappa shape index (κ2) is 14.0. The van der Waals surface area contributed by atoms with Crippen molar-refractivity contribution in [2.24, 2.45) is 11.8 Å². The van der Waals surface area contributed by atoms with Crippen LogP contribution in [0.3, 0.4) is 0 Å². The van der Waals surface area contributed by atoms with E-state index in [2.05, 4.69) is 53.8 Å². The minimum atomic E-state index is -1.04. The molecule has 6 rings (SSSR count). The predicted octanol–water partition coefficient (Wildman–Crippen LogP) is 4.35. The molecule has 3 aliphatic rings. The summed E-state index contributed by atoms with van der Waals surface area (Å²) in [5.74, 6) is 0.268. The first-order valence-corrected chi connectivity index (χ1v) is 17.5. The molecular formula is C31H41Cl2N9O3S. The number of aromatic nitrogens is 4. The number of anilines is 2. The highest BCUT2D eigenvalue weighted by Crippen LogP contribution is 2.35. The fourth-order valence-electron chi connectivity index (χ4n) is 6.82. The van der Waals surface area contributed by atoms with Crippen molar-refractivity contribution < 1.29 is 14.7 Å². The number of thiazole rings is 1. The molecule has 15 heteroatoms. The Hall–Kier alpha value is -2.97. The predicted molar refractivity (Wildman–Crippen MR) is 182 cm³/mol. The fourth-order valence-corrected chi connectivity index (χ4v) is 8.18. The normalized spacial score (nSPS) is 23.1. The van der Waals surface area contributed by atoms with Crippen LogP contribution in [0, 0.1) is 18.8 Å². The number of aryl methyl sites for hydroxylation is 1. The van der Waals surface area contributed by atoms with Gasteiger partial charge in [0.15, 0.2) is 5.13 Å². The van der Waals surface area contributed by atoms with Crippen molar-refractivity contribution in [3.05, 3.63) is 38.7 Å². The van der Waals surface area contributed by atoms with Crippen LogP contribution in [0.5, 0.6) is 0 Å². The SMILES string of the molecule is Cc1[nH]c(C(=O)N[C@@H]2CCN(c3nc(-c4cnc(N5CCN(CC6CCCN(C)C6)CC5)cn4)c(C(=O)O)s3)C[C@@H]2C)c(Cl)c1Cl. The van der Waals surface area contributed by atoms with Gasteiger partial charge in [0.2, 0.25) is 0 Å². The lowest BCUT2D eigenvalue weighted by atomic mass is 9.94. The molecule has 3 saturated heterocycles. The molecule has 1 amide bonds. The average Bonchev–Trinajstić information content (AvgIpc) is 3.60. The van der Waals surface area contributed by atoms with Crippen LogP contribution >= 0.6 is 34.5 Å². The molecular weight excluding hydrogens is 649 g/mol. The molecule has 0 aromatic carbocycles. The van der Waals surface area contributed by atoms with Gasteiger partial charge < -0.3 is 30.1 Å². The van der Waals surface area contributed by atoms with Crippen molar-refractivity contribution in [1.29, 1.82) is 0 Å². The summed E-state index contributed by atoms with van der Waals surface area (Å²) in [6.07, 6.45) is 6.62. The zero-order valence-corrected chi connectivity index (χ0v) is 28.8. The Balaban J connectivity index is 1.07. The Kier molecular flexibility index (Phi) is 10.0. The smallest absolute Gasteiger partial charge is 0.348 e. The third-order valence-corrected chi connectivity index (χ3v) is 11.5. The Morgan fingerprint density at radius 3 is 2.46 bits per heavy atom. The number of H-pyrrole nitrogens is 1. The maximum Gasteiger partial charge on any atom is 0.348 e. The van der Waals surface area contributed by atoms with Crippen LogP contribution in [0.4, 0.5) is 10.9 Å². The maximum atomic E-state index is 12.9. The van der Waals surface area contributed by atoms with E-state index in [0.717, 1.165) is 55.8 Å². The van der Waals surface area contributed by atoms with Gasteiger partial charge >= 0.3 is 5.97 Å². The van der Waals surface area contributed by atoms with Gasteiger partial charge in [0.25, 0.3) is 5.91 Å². The number of aromatic carboxylic acids is 1. The Labute approximate surface area is 283 Å². The van der Waals surface area contributed by atoms with Crippen molar-refractivity contribution in [3.8, 4) is 11.4 Å². The summed E-state index contributed by atoms with van der Waals surface area (Å²) in [5.41, 5.74) is 1.66. The molecule has 3 aromatic rings. The van der Waals surface area contributed by atoms with E-state index in [-0.39, 0.29) is 33.5 Å². The van der Waals surface area contributed by atoms with Gasteiger partial charge in [0.05, 0.1) is 22.4 Å². The number of nitrogens with zero attached hydrogens (tertiary/aromatic N) is 7. The van der Waals surface area contributed by atoms with Crippen molar-refractivity contribution >= 4 is 57.4 Å². The zero-order valence-electron chi connectivity index (χ0n) is 26.4. The molecule has 1 unspecified atom stereocenters. The van der Waals surface area contributed by atoms with Gasteiger partial charge in [0.1, 0.15) is 27.8 Å². The first-order valence-electron chi connectivity index (χ1n) is 15.9. The van der Waals surface area contributed by atoms with Gasteiger partial charge in [-0.2, -0.15) is 0 Å². The standard InChI is InChI=1S/C31H41Cl2N9O3S/c1-18-15-42(8-6-21(18)37-29(43)27-25(33)24(32)19(2)36-27)31-38-26(28(46-31)30(44)45)22-13-35-23(14-34-22)41-11-9-40(10-12-41)17-20-5-4-7-39(3)16-20/h13-14,18,20-21,36H,4-12,15-17H2,1-3H3,(H,37,43)(H,44,45)/t18-,20?,21+/m0/s1. The molecule has 0 saturated carbocycles. The van der Waals surface area contributed by atoms with Crippen LogP contribution in [0.1, 0.15) is 52.0 Å². The largest absolute Gasteiger partial charge is 0.477 e. The van der Waals surface area contributed by atoms with Gasteiger partial charge in [-0.15, -0.1) is 0 Å². The second-order valence-corrected chi connectivity index (χ2v) is 14.6. The number of halogens is 2. The van der Waals surface area contributed by atoms with E-state index in [1.807, 2.05) is 0 Å². The van der Waals surface area contributed by atoms with E-state index in [4.69, 9.17) is 28.2 Å². The number of carbonyl (C=O) groups excluding carboxylic acids is 1. The van der Waals surface area contributed by atoms with Gasteiger partial charge in [-0.3, -0.25) is 9.69 Å².